The number of rotatable bonds is 7. The number of hydrogen-bond donors (Lipinski definition) is 2. The summed E-state index contributed by atoms with van der Waals surface area (Å²) < 4.78 is 0. The van der Waals surface area contributed by atoms with Gasteiger partial charge in [-0.1, -0.05) is 44.2 Å². The molecule has 6 heteroatoms. The van der Waals surface area contributed by atoms with Gasteiger partial charge in [0.2, 0.25) is 11.8 Å². The van der Waals surface area contributed by atoms with E-state index in [-0.39, 0.29) is 36.2 Å². The first-order valence-corrected chi connectivity index (χ1v) is 10.9. The van der Waals surface area contributed by atoms with Crippen LogP contribution in [0.3, 0.4) is 0 Å². The summed E-state index contributed by atoms with van der Waals surface area (Å²) in [6.45, 7) is 7.59. The third-order valence-corrected chi connectivity index (χ3v) is 6.24. The zero-order chi connectivity index (χ0) is 19.9. The molecule has 3 unspecified atom stereocenters. The lowest BCUT2D eigenvalue weighted by atomic mass is 9.85. The molecule has 2 aliphatic rings. The molecule has 0 radical (unpaired) electrons. The van der Waals surface area contributed by atoms with Crippen molar-refractivity contribution in [2.75, 3.05) is 26.2 Å². The van der Waals surface area contributed by atoms with Gasteiger partial charge in [0.1, 0.15) is 0 Å². The van der Waals surface area contributed by atoms with Crippen LogP contribution in [-0.2, 0) is 9.59 Å². The van der Waals surface area contributed by atoms with Crippen LogP contribution in [-0.4, -0.2) is 48.9 Å². The lowest BCUT2D eigenvalue weighted by molar-refractivity contribution is -0.133. The fourth-order valence-electron chi connectivity index (χ4n) is 4.49. The maximum absolute atomic E-state index is 13.0. The van der Waals surface area contributed by atoms with E-state index in [1.54, 1.807) is 0 Å². The second-order valence-electron chi connectivity index (χ2n) is 8.71. The summed E-state index contributed by atoms with van der Waals surface area (Å²) >= 11 is 0. The van der Waals surface area contributed by atoms with Crippen LogP contribution >= 0.6 is 12.4 Å². The molecule has 3 atom stereocenters. The van der Waals surface area contributed by atoms with Crippen LogP contribution < -0.4 is 10.6 Å². The number of carbonyl (C=O) groups excluding carboxylic acids is 2. The summed E-state index contributed by atoms with van der Waals surface area (Å²) in [5.41, 5.74) is 1.25. The predicted octanol–water partition coefficient (Wildman–Crippen LogP) is 3.34. The monoisotopic (exact) mass is 421 g/mol. The van der Waals surface area contributed by atoms with Gasteiger partial charge in [0, 0.05) is 26.1 Å². The number of amides is 2. The van der Waals surface area contributed by atoms with E-state index >= 15 is 0 Å². The van der Waals surface area contributed by atoms with Crippen molar-refractivity contribution >= 4 is 24.2 Å². The van der Waals surface area contributed by atoms with Gasteiger partial charge in [-0.3, -0.25) is 9.59 Å². The second kappa shape index (κ2) is 11.6. The van der Waals surface area contributed by atoms with Gasteiger partial charge in [0.05, 0.1) is 6.04 Å². The van der Waals surface area contributed by atoms with Gasteiger partial charge in [0.25, 0.3) is 0 Å². The smallest absolute Gasteiger partial charge is 0.237 e. The van der Waals surface area contributed by atoms with E-state index in [1.807, 2.05) is 23.1 Å². The Hall–Kier alpha value is -1.59. The fraction of sp³-hybridized carbons (Fsp3) is 0.652. The van der Waals surface area contributed by atoms with Gasteiger partial charge in [0.15, 0.2) is 0 Å². The molecule has 2 amide bonds. The standard InChI is InChI=1S/C23H35N3O2.ClH/c1-17(2)20(19-9-4-3-5-10-19)14-22(27)26-13-7-8-18(16-26)15-25-23(28)21-11-6-12-24-21;/h3-5,9-10,17-18,20-21,24H,6-8,11-16H2,1-2H3,(H,25,28);1H. The third kappa shape index (κ3) is 6.71. The molecule has 162 valence electrons. The molecule has 1 aromatic rings. The van der Waals surface area contributed by atoms with Crippen LogP contribution in [0.1, 0.15) is 57.4 Å². The highest BCUT2D eigenvalue weighted by Gasteiger charge is 2.28. The number of nitrogens with one attached hydrogen (secondary N) is 2. The lowest BCUT2D eigenvalue weighted by Gasteiger charge is -2.34. The summed E-state index contributed by atoms with van der Waals surface area (Å²) in [6, 6.07) is 10.3. The summed E-state index contributed by atoms with van der Waals surface area (Å²) in [7, 11) is 0. The topological polar surface area (TPSA) is 61.4 Å². The zero-order valence-electron chi connectivity index (χ0n) is 17.7. The van der Waals surface area contributed by atoms with Crippen molar-refractivity contribution < 1.29 is 9.59 Å². The Morgan fingerprint density at radius 2 is 1.93 bits per heavy atom. The van der Waals surface area contributed by atoms with Crippen molar-refractivity contribution in [1.29, 1.82) is 0 Å². The number of halogens is 1. The van der Waals surface area contributed by atoms with Crippen LogP contribution in [0.2, 0.25) is 0 Å². The lowest BCUT2D eigenvalue weighted by Crippen LogP contribution is -2.47. The van der Waals surface area contributed by atoms with Crippen molar-refractivity contribution in [2.24, 2.45) is 11.8 Å². The third-order valence-electron chi connectivity index (χ3n) is 6.24. The summed E-state index contributed by atoms with van der Waals surface area (Å²) in [4.78, 5) is 27.3. The fourth-order valence-corrected chi connectivity index (χ4v) is 4.49. The minimum atomic E-state index is -0.0287. The highest BCUT2D eigenvalue weighted by atomic mass is 35.5. The average molecular weight is 422 g/mol. The molecule has 2 aliphatic heterocycles. The maximum atomic E-state index is 13.0. The molecule has 29 heavy (non-hydrogen) atoms. The Bertz CT molecular complexity index is 647. The molecule has 2 heterocycles. The number of benzene rings is 1. The van der Waals surface area contributed by atoms with E-state index in [1.165, 1.54) is 5.56 Å². The largest absolute Gasteiger partial charge is 0.354 e. The maximum Gasteiger partial charge on any atom is 0.237 e. The Labute approximate surface area is 181 Å². The minimum absolute atomic E-state index is 0. The van der Waals surface area contributed by atoms with E-state index in [0.29, 0.717) is 24.8 Å². The number of carbonyl (C=O) groups is 2. The highest BCUT2D eigenvalue weighted by molar-refractivity contribution is 5.85. The molecule has 0 aromatic heterocycles. The molecule has 2 saturated heterocycles. The van der Waals surface area contributed by atoms with Gasteiger partial charge in [-0.2, -0.15) is 0 Å². The van der Waals surface area contributed by atoms with E-state index in [9.17, 15) is 9.59 Å². The molecule has 3 rings (SSSR count). The first-order chi connectivity index (χ1) is 13.5. The molecule has 2 fully saturated rings. The molecule has 0 aliphatic carbocycles. The Kier molecular flexibility index (Phi) is 9.44. The Balaban J connectivity index is 0.00000300. The molecular weight excluding hydrogens is 386 g/mol. The van der Waals surface area contributed by atoms with Crippen LogP contribution in [0.25, 0.3) is 0 Å². The van der Waals surface area contributed by atoms with Gasteiger partial charge in [-0.05, 0) is 55.5 Å². The van der Waals surface area contributed by atoms with Gasteiger partial charge >= 0.3 is 0 Å². The first-order valence-electron chi connectivity index (χ1n) is 10.9. The van der Waals surface area contributed by atoms with Gasteiger partial charge < -0.3 is 15.5 Å². The quantitative estimate of drug-likeness (QED) is 0.709. The van der Waals surface area contributed by atoms with Crippen LogP contribution in [0.15, 0.2) is 30.3 Å². The van der Waals surface area contributed by atoms with E-state index < -0.39 is 0 Å². The van der Waals surface area contributed by atoms with Gasteiger partial charge in [-0.15, -0.1) is 12.4 Å². The SMILES string of the molecule is CC(C)C(CC(=O)N1CCCC(CNC(=O)C2CCCN2)C1)c1ccccc1.Cl. The van der Waals surface area contributed by atoms with E-state index in [2.05, 4.69) is 36.6 Å². The Morgan fingerprint density at radius 1 is 1.17 bits per heavy atom. The van der Waals surface area contributed by atoms with Crippen LogP contribution in [0.5, 0.6) is 0 Å². The summed E-state index contributed by atoms with van der Waals surface area (Å²) in [6.07, 6.45) is 4.66. The molecule has 1 aromatic carbocycles. The molecular formula is C23H36ClN3O2. The van der Waals surface area contributed by atoms with E-state index in [0.717, 1.165) is 45.3 Å². The van der Waals surface area contributed by atoms with Crippen LogP contribution in [0, 0.1) is 11.8 Å². The van der Waals surface area contributed by atoms with Gasteiger partial charge in [-0.25, -0.2) is 0 Å². The number of piperidine rings is 1. The molecule has 2 N–H and O–H groups in total. The van der Waals surface area contributed by atoms with Crippen LogP contribution in [0.4, 0.5) is 0 Å². The van der Waals surface area contributed by atoms with Crippen molar-refractivity contribution in [3.8, 4) is 0 Å². The average Bonchev–Trinajstić information content (AvgIpc) is 3.25. The van der Waals surface area contributed by atoms with Crippen molar-refractivity contribution in [3.05, 3.63) is 35.9 Å². The summed E-state index contributed by atoms with van der Waals surface area (Å²) in [5.74, 6) is 1.39. The van der Waals surface area contributed by atoms with E-state index in [4.69, 9.17) is 0 Å². The normalized spacial score (nSPS) is 22.8. The zero-order valence-corrected chi connectivity index (χ0v) is 18.5. The highest BCUT2D eigenvalue weighted by Crippen LogP contribution is 2.29. The number of hydrogen-bond acceptors (Lipinski definition) is 3. The molecule has 0 bridgehead atoms. The summed E-state index contributed by atoms with van der Waals surface area (Å²) in [5, 5.41) is 6.34. The predicted molar refractivity (Wildman–Crippen MR) is 119 cm³/mol. The number of nitrogens with zero attached hydrogens (tertiary/aromatic N) is 1. The molecule has 0 spiro atoms. The van der Waals surface area contributed by atoms with Crippen molar-refractivity contribution in [3.63, 3.8) is 0 Å². The second-order valence-corrected chi connectivity index (χ2v) is 8.71. The Morgan fingerprint density at radius 3 is 2.59 bits per heavy atom. The van der Waals surface area contributed by atoms with Crippen molar-refractivity contribution in [2.45, 2.75) is 57.9 Å². The first kappa shape index (κ1) is 23.7. The number of likely N-dealkylation sites (tertiary alicyclic amines) is 1. The van der Waals surface area contributed by atoms with Crippen molar-refractivity contribution in [1.82, 2.24) is 15.5 Å². The molecule has 5 nitrogen and oxygen atoms in total. The molecule has 0 saturated carbocycles. The minimum Gasteiger partial charge on any atom is -0.354 e.